The lowest BCUT2D eigenvalue weighted by atomic mass is 10.1. The van der Waals surface area contributed by atoms with E-state index in [1.807, 2.05) is 26.0 Å². The molecule has 0 aliphatic heterocycles. The molecule has 1 aromatic carbocycles. The van der Waals surface area contributed by atoms with Crippen molar-refractivity contribution >= 4 is 5.91 Å². The molecule has 0 saturated heterocycles. The highest BCUT2D eigenvalue weighted by molar-refractivity contribution is 5.95. The number of carbonyl (C=O) groups excluding carboxylic acids is 1. The summed E-state index contributed by atoms with van der Waals surface area (Å²) < 4.78 is 4.99. The molecule has 0 bridgehead atoms. The van der Waals surface area contributed by atoms with Gasteiger partial charge in [0, 0.05) is 30.9 Å². The highest BCUT2D eigenvalue weighted by atomic mass is 16.5. The van der Waals surface area contributed by atoms with Crippen LogP contribution in [0.1, 0.15) is 34.8 Å². The van der Waals surface area contributed by atoms with Crippen LogP contribution in [0, 0.1) is 18.8 Å². The van der Waals surface area contributed by atoms with Gasteiger partial charge in [0.05, 0.1) is 0 Å². The number of nitrogens with one attached hydrogen (secondary N) is 1. The molecule has 20 heavy (non-hydrogen) atoms. The quantitative estimate of drug-likeness (QED) is 0.801. The molecule has 0 saturated carbocycles. The standard InChI is InChI=1S/C16H21NO3/c1-12-9-14(5-4-7-18)11-15(10-12)16(19)17-13(2)6-8-20-3/h9-11,13,18H,6-8H2,1-3H3,(H,17,19). The van der Waals surface area contributed by atoms with Crippen molar-refractivity contribution in [2.45, 2.75) is 26.3 Å². The Morgan fingerprint density at radius 2 is 2.20 bits per heavy atom. The fourth-order valence-electron chi connectivity index (χ4n) is 1.80. The van der Waals surface area contributed by atoms with Crippen molar-refractivity contribution in [3.63, 3.8) is 0 Å². The highest BCUT2D eigenvalue weighted by Gasteiger charge is 2.10. The van der Waals surface area contributed by atoms with E-state index in [0.29, 0.717) is 12.2 Å². The topological polar surface area (TPSA) is 58.6 Å². The number of hydrogen-bond donors (Lipinski definition) is 2. The lowest BCUT2D eigenvalue weighted by Crippen LogP contribution is -2.33. The minimum atomic E-state index is -0.191. The summed E-state index contributed by atoms with van der Waals surface area (Å²) in [4.78, 5) is 12.1. The van der Waals surface area contributed by atoms with Crippen molar-refractivity contribution in [2.24, 2.45) is 0 Å². The maximum Gasteiger partial charge on any atom is 0.251 e. The number of amides is 1. The van der Waals surface area contributed by atoms with E-state index in [1.165, 1.54) is 0 Å². The molecule has 0 aliphatic rings. The predicted octanol–water partition coefficient (Wildman–Crippen LogP) is 1.49. The molecular weight excluding hydrogens is 254 g/mol. The number of aliphatic hydroxyl groups is 1. The number of carbonyl (C=O) groups is 1. The third kappa shape index (κ3) is 5.43. The van der Waals surface area contributed by atoms with Gasteiger partial charge < -0.3 is 15.2 Å². The molecule has 2 N–H and O–H groups in total. The molecular formula is C16H21NO3. The molecule has 1 atom stereocenters. The summed E-state index contributed by atoms with van der Waals surface area (Å²) >= 11 is 0. The van der Waals surface area contributed by atoms with E-state index in [-0.39, 0.29) is 18.6 Å². The van der Waals surface area contributed by atoms with Crippen molar-refractivity contribution in [3.05, 3.63) is 34.9 Å². The van der Waals surface area contributed by atoms with Gasteiger partial charge in [0.1, 0.15) is 6.61 Å². The molecule has 0 heterocycles. The Kier molecular flexibility index (Phi) is 6.78. The summed E-state index contributed by atoms with van der Waals surface area (Å²) in [5.41, 5.74) is 2.27. The van der Waals surface area contributed by atoms with Gasteiger partial charge in [-0.2, -0.15) is 0 Å². The van der Waals surface area contributed by atoms with Crippen molar-refractivity contribution < 1.29 is 14.6 Å². The average Bonchev–Trinajstić information content (AvgIpc) is 2.42. The molecule has 0 aliphatic carbocycles. The summed E-state index contributed by atoms with van der Waals surface area (Å²) in [6.45, 7) is 4.28. The summed E-state index contributed by atoms with van der Waals surface area (Å²) in [6, 6.07) is 5.49. The minimum Gasteiger partial charge on any atom is -0.385 e. The van der Waals surface area contributed by atoms with E-state index in [2.05, 4.69) is 17.2 Å². The summed E-state index contributed by atoms with van der Waals surface area (Å²) in [5.74, 6) is 5.28. The predicted molar refractivity (Wildman–Crippen MR) is 78.6 cm³/mol. The van der Waals surface area contributed by atoms with Crippen LogP contribution in [0.4, 0.5) is 0 Å². The number of aryl methyl sites for hydroxylation is 1. The van der Waals surface area contributed by atoms with Gasteiger partial charge in [0.25, 0.3) is 5.91 Å². The monoisotopic (exact) mass is 275 g/mol. The van der Waals surface area contributed by atoms with Gasteiger partial charge in [0.2, 0.25) is 0 Å². The van der Waals surface area contributed by atoms with Gasteiger partial charge in [0.15, 0.2) is 0 Å². The number of rotatable bonds is 5. The lowest BCUT2D eigenvalue weighted by molar-refractivity contribution is 0.0929. The number of hydrogen-bond acceptors (Lipinski definition) is 3. The Morgan fingerprint density at radius 3 is 2.85 bits per heavy atom. The van der Waals surface area contributed by atoms with Gasteiger partial charge in [-0.25, -0.2) is 0 Å². The van der Waals surface area contributed by atoms with E-state index in [1.54, 1.807) is 13.2 Å². The largest absolute Gasteiger partial charge is 0.385 e. The van der Waals surface area contributed by atoms with Crippen molar-refractivity contribution in [2.75, 3.05) is 20.3 Å². The summed E-state index contributed by atoms with van der Waals surface area (Å²) in [6.07, 6.45) is 0.769. The Labute approximate surface area is 120 Å². The molecule has 0 radical (unpaired) electrons. The smallest absolute Gasteiger partial charge is 0.251 e. The van der Waals surface area contributed by atoms with Crippen LogP contribution >= 0.6 is 0 Å². The normalized spacial score (nSPS) is 11.4. The number of aliphatic hydroxyl groups excluding tert-OH is 1. The molecule has 0 aromatic heterocycles. The maximum atomic E-state index is 12.1. The maximum absolute atomic E-state index is 12.1. The van der Waals surface area contributed by atoms with E-state index in [4.69, 9.17) is 9.84 Å². The first-order valence-electron chi connectivity index (χ1n) is 6.58. The first kappa shape index (κ1) is 16.2. The van der Waals surface area contributed by atoms with Gasteiger partial charge >= 0.3 is 0 Å². The molecule has 4 nitrogen and oxygen atoms in total. The van der Waals surface area contributed by atoms with Crippen molar-refractivity contribution in [1.29, 1.82) is 0 Å². The van der Waals surface area contributed by atoms with Gasteiger partial charge in [-0.1, -0.05) is 11.8 Å². The summed E-state index contributed by atoms with van der Waals surface area (Å²) in [7, 11) is 1.64. The van der Waals surface area contributed by atoms with Crippen molar-refractivity contribution in [1.82, 2.24) is 5.32 Å². The van der Waals surface area contributed by atoms with Gasteiger partial charge in [-0.05, 0) is 44.0 Å². The van der Waals surface area contributed by atoms with Gasteiger partial charge in [-0.3, -0.25) is 4.79 Å². The van der Waals surface area contributed by atoms with E-state index in [9.17, 15) is 4.79 Å². The molecule has 0 spiro atoms. The SMILES string of the molecule is COCCC(C)NC(=O)c1cc(C)cc(C#CCO)c1. The molecule has 108 valence electrons. The highest BCUT2D eigenvalue weighted by Crippen LogP contribution is 2.09. The summed E-state index contributed by atoms with van der Waals surface area (Å²) in [5, 5.41) is 11.6. The van der Waals surface area contributed by atoms with Crippen LogP contribution in [0.3, 0.4) is 0 Å². The van der Waals surface area contributed by atoms with Crippen LogP contribution in [0.15, 0.2) is 18.2 Å². The fourth-order valence-corrected chi connectivity index (χ4v) is 1.80. The Bertz CT molecular complexity index is 514. The Balaban J connectivity index is 2.79. The second kappa shape index (κ2) is 8.36. The van der Waals surface area contributed by atoms with E-state index in [0.717, 1.165) is 17.5 Å². The molecule has 1 aromatic rings. The zero-order valence-corrected chi connectivity index (χ0v) is 12.2. The molecule has 4 heteroatoms. The first-order chi connectivity index (χ1) is 9.56. The van der Waals surface area contributed by atoms with Crippen LogP contribution in [0.5, 0.6) is 0 Å². The van der Waals surface area contributed by atoms with E-state index < -0.39 is 0 Å². The molecule has 1 unspecified atom stereocenters. The molecule has 1 amide bonds. The van der Waals surface area contributed by atoms with Crippen LogP contribution in [0.2, 0.25) is 0 Å². The van der Waals surface area contributed by atoms with Crippen molar-refractivity contribution in [3.8, 4) is 11.8 Å². The third-order valence-corrected chi connectivity index (χ3v) is 2.78. The Hall–Kier alpha value is -1.83. The number of ether oxygens (including phenoxy) is 1. The van der Waals surface area contributed by atoms with Crippen LogP contribution in [-0.4, -0.2) is 37.4 Å². The number of methoxy groups -OCH3 is 1. The van der Waals surface area contributed by atoms with Crippen LogP contribution in [0.25, 0.3) is 0 Å². The molecule has 0 fully saturated rings. The van der Waals surface area contributed by atoms with Crippen LogP contribution in [-0.2, 0) is 4.74 Å². The lowest BCUT2D eigenvalue weighted by Gasteiger charge is -2.13. The second-order valence-electron chi connectivity index (χ2n) is 4.70. The Morgan fingerprint density at radius 1 is 1.45 bits per heavy atom. The molecule has 1 rings (SSSR count). The fraction of sp³-hybridized carbons (Fsp3) is 0.438. The zero-order valence-electron chi connectivity index (χ0n) is 12.2. The van der Waals surface area contributed by atoms with Crippen LogP contribution < -0.4 is 5.32 Å². The van der Waals surface area contributed by atoms with E-state index >= 15 is 0 Å². The number of benzene rings is 1. The minimum absolute atomic E-state index is 0.0509. The third-order valence-electron chi connectivity index (χ3n) is 2.78. The average molecular weight is 275 g/mol. The first-order valence-corrected chi connectivity index (χ1v) is 6.58. The second-order valence-corrected chi connectivity index (χ2v) is 4.70. The zero-order chi connectivity index (χ0) is 15.0. The van der Waals surface area contributed by atoms with Gasteiger partial charge in [-0.15, -0.1) is 0 Å².